The number of fused-ring (bicyclic) bond motifs is 1. The minimum atomic E-state index is -1.17. The van der Waals surface area contributed by atoms with Gasteiger partial charge in [0.25, 0.3) is 0 Å². The molecule has 2 N–H and O–H groups in total. The van der Waals surface area contributed by atoms with Crippen molar-refractivity contribution in [3.8, 4) is 22.1 Å². The Morgan fingerprint density at radius 3 is 2.29 bits per heavy atom. The van der Waals surface area contributed by atoms with E-state index in [-0.39, 0.29) is 5.25 Å². The lowest BCUT2D eigenvalue weighted by Crippen LogP contribution is -2.06. The van der Waals surface area contributed by atoms with Gasteiger partial charge in [-0.1, -0.05) is 31.0 Å². The average Bonchev–Trinajstić information content (AvgIpc) is 3.66. The van der Waals surface area contributed by atoms with Gasteiger partial charge in [0.2, 0.25) is 0 Å². The highest BCUT2D eigenvalue weighted by Crippen LogP contribution is 2.42. The Morgan fingerprint density at radius 1 is 1.11 bits per heavy atom. The van der Waals surface area contributed by atoms with Crippen LogP contribution < -0.4 is 5.73 Å². The molecule has 0 amide bonds. The largest absolute Gasteiger partial charge is 0.396 e. The molecule has 4 aromatic heterocycles. The molecule has 7 nitrogen and oxygen atoms in total. The third-order valence-corrected chi connectivity index (χ3v) is 8.36. The summed E-state index contributed by atoms with van der Waals surface area (Å²) >= 11 is 2.92. The van der Waals surface area contributed by atoms with Crippen LogP contribution in [-0.2, 0) is 17.8 Å². The van der Waals surface area contributed by atoms with Gasteiger partial charge in [0, 0.05) is 60.1 Å². The minimum absolute atomic E-state index is 0.0135. The van der Waals surface area contributed by atoms with Crippen LogP contribution >= 0.6 is 22.7 Å². The van der Waals surface area contributed by atoms with E-state index in [2.05, 4.69) is 75.0 Å². The van der Waals surface area contributed by atoms with Gasteiger partial charge >= 0.3 is 0 Å². The zero-order valence-electron chi connectivity index (χ0n) is 21.5. The number of hydrogen-bond acceptors (Lipinski definition) is 8. The van der Waals surface area contributed by atoms with Crippen molar-refractivity contribution in [2.75, 3.05) is 12.8 Å². The van der Waals surface area contributed by atoms with Gasteiger partial charge in [-0.25, -0.2) is 19.9 Å². The molecule has 192 valence electrons. The number of rotatable bonds is 4. The second-order valence-electron chi connectivity index (χ2n) is 7.32. The van der Waals surface area contributed by atoms with Gasteiger partial charge in [-0.05, 0) is 43.0 Å². The molecular formula is C28H26N6OS3. The maximum atomic E-state index is 12.7. The number of thiophene rings is 1. The number of hydrogen-bond donors (Lipinski definition) is 1. The summed E-state index contributed by atoms with van der Waals surface area (Å²) < 4.78 is 15.3. The van der Waals surface area contributed by atoms with Gasteiger partial charge in [0.05, 0.1) is 16.5 Å². The van der Waals surface area contributed by atoms with Crippen molar-refractivity contribution in [1.29, 1.82) is 0 Å². The van der Waals surface area contributed by atoms with Crippen LogP contribution in [0.4, 0.5) is 5.69 Å². The smallest absolute Gasteiger partial charge is 0.141 e. The minimum Gasteiger partial charge on any atom is -0.396 e. The summed E-state index contributed by atoms with van der Waals surface area (Å²) in [7, 11) is 2.39. The lowest BCUT2D eigenvalue weighted by molar-refractivity contribution is 0.678. The Morgan fingerprint density at radius 2 is 1.82 bits per heavy atom. The Hall–Kier alpha value is -4.23. The Kier molecular flexibility index (Phi) is 11.9. The SMILES string of the molecule is C=C=C=C=C=C=C.C=C=C=NC.CC(C)S(=O)c1sc2nc(-c3nccs3)cc(-c3nccn3C)c2c1N. The topological polar surface area (TPSA) is 99.0 Å². The second kappa shape index (κ2) is 15.1. The number of aryl methyl sites for hydroxylation is 1. The number of imidazole rings is 1. The molecule has 1 unspecified atom stereocenters. The summed E-state index contributed by atoms with van der Waals surface area (Å²) in [6.07, 6.45) is 5.40. The molecule has 1 atom stereocenters. The quantitative estimate of drug-likeness (QED) is 0.240. The number of aromatic nitrogens is 4. The van der Waals surface area contributed by atoms with E-state index in [1.165, 1.54) is 22.7 Å². The maximum absolute atomic E-state index is 12.7. The third kappa shape index (κ3) is 7.63. The summed E-state index contributed by atoms with van der Waals surface area (Å²) in [5.41, 5.74) is 23.0. The summed E-state index contributed by atoms with van der Waals surface area (Å²) in [5.74, 6) is 3.17. The molecule has 38 heavy (non-hydrogen) atoms. The van der Waals surface area contributed by atoms with Crippen molar-refractivity contribution >= 4 is 55.2 Å². The number of pyridine rings is 1. The fourth-order valence-electron chi connectivity index (χ4n) is 2.92. The van der Waals surface area contributed by atoms with E-state index in [0.717, 1.165) is 32.3 Å². The van der Waals surface area contributed by atoms with E-state index in [1.807, 2.05) is 43.1 Å². The molecule has 4 rings (SSSR count). The molecule has 10 heteroatoms. The number of nitrogens with zero attached hydrogens (tertiary/aromatic N) is 5. The van der Waals surface area contributed by atoms with Crippen molar-refractivity contribution in [3.63, 3.8) is 0 Å². The fourth-order valence-corrected chi connectivity index (χ4v) is 6.26. The molecule has 0 aliphatic carbocycles. The van der Waals surface area contributed by atoms with Crippen LogP contribution in [0.3, 0.4) is 0 Å². The number of aliphatic imine (C=N–C) groups is 1. The van der Waals surface area contributed by atoms with E-state index in [1.54, 1.807) is 19.4 Å². The predicted molar refractivity (Wildman–Crippen MR) is 160 cm³/mol. The molecule has 0 spiro atoms. The van der Waals surface area contributed by atoms with E-state index >= 15 is 0 Å². The Bertz CT molecular complexity index is 1680. The van der Waals surface area contributed by atoms with Gasteiger partial charge in [-0.2, -0.15) is 0 Å². The van der Waals surface area contributed by atoms with Gasteiger partial charge < -0.3 is 10.3 Å². The lowest BCUT2D eigenvalue weighted by Gasteiger charge is -2.07. The molecule has 0 saturated heterocycles. The summed E-state index contributed by atoms with van der Waals surface area (Å²) in [4.78, 5) is 17.8. The zero-order valence-corrected chi connectivity index (χ0v) is 24.0. The molecule has 0 fully saturated rings. The summed E-state index contributed by atoms with van der Waals surface area (Å²) in [5, 5.41) is 3.55. The predicted octanol–water partition coefficient (Wildman–Crippen LogP) is 6.12. The number of thiazole rings is 1. The molecular weight excluding hydrogens is 533 g/mol. The normalized spacial score (nSPS) is 10.0. The number of nitrogens with two attached hydrogens (primary N) is 1. The molecule has 0 aliphatic rings. The monoisotopic (exact) mass is 558 g/mol. The van der Waals surface area contributed by atoms with Crippen LogP contribution in [0.1, 0.15) is 13.8 Å². The van der Waals surface area contributed by atoms with E-state index < -0.39 is 10.8 Å². The molecule has 4 aromatic rings. The number of nitrogen functional groups attached to an aromatic ring is 1. The van der Waals surface area contributed by atoms with E-state index in [9.17, 15) is 4.21 Å². The third-order valence-electron chi connectivity index (χ3n) is 4.48. The van der Waals surface area contributed by atoms with Gasteiger partial charge in [-0.15, -0.1) is 22.7 Å². The van der Waals surface area contributed by atoms with Crippen molar-refractivity contribution in [1.82, 2.24) is 19.5 Å². The lowest BCUT2D eigenvalue weighted by atomic mass is 10.1. The highest BCUT2D eigenvalue weighted by Gasteiger charge is 2.23. The highest BCUT2D eigenvalue weighted by molar-refractivity contribution is 7.88. The van der Waals surface area contributed by atoms with Crippen molar-refractivity contribution in [3.05, 3.63) is 84.2 Å². The first-order chi connectivity index (χ1) is 18.3. The molecule has 0 aliphatic heterocycles. The molecule has 0 aromatic carbocycles. The molecule has 0 bridgehead atoms. The van der Waals surface area contributed by atoms with Crippen molar-refractivity contribution < 1.29 is 4.21 Å². The first-order valence-electron chi connectivity index (χ1n) is 11.0. The van der Waals surface area contributed by atoms with E-state index in [0.29, 0.717) is 9.90 Å². The fraction of sp³-hybridized carbons (Fsp3) is 0.179. The van der Waals surface area contributed by atoms with Crippen LogP contribution in [0.15, 0.2) is 93.4 Å². The Balaban J connectivity index is 0.000000355. The molecule has 0 radical (unpaired) electrons. The van der Waals surface area contributed by atoms with Gasteiger partial charge in [0.1, 0.15) is 25.6 Å². The maximum Gasteiger partial charge on any atom is 0.141 e. The zero-order chi connectivity index (χ0) is 28.1. The van der Waals surface area contributed by atoms with Crippen LogP contribution in [0.2, 0.25) is 0 Å². The summed E-state index contributed by atoms with van der Waals surface area (Å²) in [6.45, 7) is 13.6. The second-order valence-corrected chi connectivity index (χ2v) is 11.4. The van der Waals surface area contributed by atoms with Crippen molar-refractivity contribution in [2.24, 2.45) is 12.0 Å². The Labute approximate surface area is 232 Å². The van der Waals surface area contributed by atoms with Crippen LogP contribution in [0.5, 0.6) is 0 Å². The van der Waals surface area contributed by atoms with Crippen LogP contribution in [-0.4, -0.2) is 41.9 Å². The summed E-state index contributed by atoms with van der Waals surface area (Å²) in [6, 6.07) is 1.97. The highest BCUT2D eigenvalue weighted by atomic mass is 32.2. The number of anilines is 1. The first kappa shape index (κ1) is 30.0. The molecule has 0 saturated carbocycles. The van der Waals surface area contributed by atoms with Gasteiger partial charge in [-0.3, -0.25) is 4.21 Å². The molecule has 4 heterocycles. The van der Waals surface area contributed by atoms with Crippen molar-refractivity contribution in [2.45, 2.75) is 23.3 Å². The van der Waals surface area contributed by atoms with E-state index in [4.69, 9.17) is 10.7 Å². The van der Waals surface area contributed by atoms with Gasteiger partial charge in [0.15, 0.2) is 0 Å². The van der Waals surface area contributed by atoms with Crippen LogP contribution in [0.25, 0.3) is 32.3 Å². The first-order valence-corrected chi connectivity index (χ1v) is 13.9. The average molecular weight is 559 g/mol. The standard InChI is InChI=1S/C17H17N5OS3.C7H4.C4H5N/c1-9(2)26(23)17-13(18)12-10(14-19-4-6-22(14)3)8-11(21-16(12)25-17)15-20-5-7-24-15;1-3-5-7-6-4-2;1-3-4-5-2/h4-9H,18H2,1-3H3;1-2H2;1H2,2H3. The van der Waals surface area contributed by atoms with Crippen LogP contribution in [0, 0.1) is 0 Å².